The van der Waals surface area contributed by atoms with Crippen LogP contribution in [0.25, 0.3) is 0 Å². The molecule has 21 heavy (non-hydrogen) atoms. The third-order valence-electron chi connectivity index (χ3n) is 3.66. The zero-order valence-electron chi connectivity index (χ0n) is 12.8. The van der Waals surface area contributed by atoms with Crippen LogP contribution in [0.5, 0.6) is 0 Å². The second-order valence-electron chi connectivity index (χ2n) is 5.13. The molecule has 3 unspecified atom stereocenters. The van der Waals surface area contributed by atoms with E-state index in [2.05, 4.69) is 0 Å². The smallest absolute Gasteiger partial charge is 0.326 e. The van der Waals surface area contributed by atoms with Gasteiger partial charge in [-0.25, -0.2) is 4.79 Å². The summed E-state index contributed by atoms with van der Waals surface area (Å²) in [5, 5.41) is 9.31. The number of rotatable bonds is 2. The Morgan fingerprint density at radius 2 is 1.62 bits per heavy atom. The molecule has 1 saturated heterocycles. The first-order chi connectivity index (χ1) is 9.99. The highest BCUT2D eigenvalue weighted by atomic mass is 16.4. The van der Waals surface area contributed by atoms with Crippen molar-refractivity contribution in [3.63, 3.8) is 0 Å². The van der Waals surface area contributed by atoms with Gasteiger partial charge in [0.25, 0.3) is 5.91 Å². The summed E-state index contributed by atoms with van der Waals surface area (Å²) in [6, 6.07) is -0.914. The Hall–Kier alpha value is -1.91. The maximum Gasteiger partial charge on any atom is 0.326 e. The van der Waals surface area contributed by atoms with E-state index in [1.165, 1.54) is 11.8 Å². The summed E-state index contributed by atoms with van der Waals surface area (Å²) in [7, 11) is 0. The molecule has 1 aliphatic carbocycles. The van der Waals surface area contributed by atoms with Gasteiger partial charge >= 0.3 is 5.97 Å². The number of ketones is 1. The molecule has 1 amide bonds. The molecule has 5 heteroatoms. The Morgan fingerprint density at radius 1 is 1.05 bits per heavy atom. The maximum atomic E-state index is 11.9. The van der Waals surface area contributed by atoms with Crippen LogP contribution in [-0.2, 0) is 14.4 Å². The fraction of sp³-hybridized carbons (Fsp3) is 0.562. The number of nitrogens with zero attached hydrogens (tertiary/aromatic N) is 1. The van der Waals surface area contributed by atoms with Gasteiger partial charge in [0.05, 0.1) is 0 Å². The molecule has 1 fully saturated rings. The highest BCUT2D eigenvalue weighted by Gasteiger charge is 2.37. The first kappa shape index (κ1) is 17.1. The highest BCUT2D eigenvalue weighted by Crippen LogP contribution is 2.30. The molecule has 0 radical (unpaired) electrons. The molecule has 0 aromatic carbocycles. The number of carbonyl (C=O) groups excluding carboxylic acids is 2. The number of Topliss-reactive ketones (excluding diaryl/α,β-unsaturated/α-hetero) is 1. The van der Waals surface area contributed by atoms with E-state index in [9.17, 15) is 19.5 Å². The van der Waals surface area contributed by atoms with E-state index in [1.807, 2.05) is 38.2 Å². The molecule has 0 spiro atoms. The number of hydrogen-bond acceptors (Lipinski definition) is 3. The fourth-order valence-electron chi connectivity index (χ4n) is 2.75. The number of amides is 1. The summed E-state index contributed by atoms with van der Waals surface area (Å²) in [6.07, 6.45) is 8.98. The SMILES string of the molecule is CC.CC(=O)C(=O)N1CC2C=CC=CC(C2)CC1C(=O)O. The average molecular weight is 293 g/mol. The highest BCUT2D eigenvalue weighted by molar-refractivity contribution is 6.35. The van der Waals surface area contributed by atoms with Crippen molar-refractivity contribution in [1.82, 2.24) is 4.90 Å². The van der Waals surface area contributed by atoms with E-state index >= 15 is 0 Å². The van der Waals surface area contributed by atoms with Gasteiger partial charge < -0.3 is 10.0 Å². The number of carboxylic acids is 1. The molecular formula is C16H23NO4. The summed E-state index contributed by atoms with van der Waals surface area (Å²) in [5.74, 6) is -2.12. The number of aliphatic carboxylic acids is 1. The largest absolute Gasteiger partial charge is 0.480 e. The number of carboxylic acid groups (broad SMARTS) is 1. The van der Waals surface area contributed by atoms with Crippen LogP contribution < -0.4 is 0 Å². The molecule has 116 valence electrons. The Morgan fingerprint density at radius 3 is 2.14 bits per heavy atom. The van der Waals surface area contributed by atoms with E-state index < -0.39 is 23.7 Å². The van der Waals surface area contributed by atoms with Gasteiger partial charge in [-0.15, -0.1) is 0 Å². The average Bonchev–Trinajstić information content (AvgIpc) is 2.79. The number of allylic oxidation sites excluding steroid dienone is 3. The van der Waals surface area contributed by atoms with Crippen molar-refractivity contribution in [2.45, 2.75) is 39.7 Å². The number of likely N-dealkylation sites (tertiary alicyclic amines) is 1. The van der Waals surface area contributed by atoms with Gasteiger partial charge in [-0.3, -0.25) is 9.59 Å². The van der Waals surface area contributed by atoms with Gasteiger partial charge in [0.1, 0.15) is 6.04 Å². The van der Waals surface area contributed by atoms with Crippen molar-refractivity contribution in [3.8, 4) is 0 Å². The molecule has 1 aliphatic heterocycles. The van der Waals surface area contributed by atoms with Crippen LogP contribution in [0.3, 0.4) is 0 Å². The van der Waals surface area contributed by atoms with Crippen LogP contribution in [0.1, 0.15) is 33.6 Å². The van der Waals surface area contributed by atoms with Crippen molar-refractivity contribution >= 4 is 17.7 Å². The van der Waals surface area contributed by atoms with E-state index in [0.29, 0.717) is 13.0 Å². The van der Waals surface area contributed by atoms with Gasteiger partial charge in [-0.1, -0.05) is 38.2 Å². The van der Waals surface area contributed by atoms with Crippen molar-refractivity contribution in [3.05, 3.63) is 24.3 Å². The van der Waals surface area contributed by atoms with Crippen LogP contribution in [0.2, 0.25) is 0 Å². The molecule has 0 saturated carbocycles. The van der Waals surface area contributed by atoms with Gasteiger partial charge in [-0.05, 0) is 24.7 Å². The van der Waals surface area contributed by atoms with E-state index in [-0.39, 0.29) is 11.8 Å². The van der Waals surface area contributed by atoms with Crippen LogP contribution >= 0.6 is 0 Å². The van der Waals surface area contributed by atoms with Crippen molar-refractivity contribution in [2.75, 3.05) is 6.54 Å². The lowest BCUT2D eigenvalue weighted by Crippen LogP contribution is -2.48. The molecule has 2 aliphatic rings. The summed E-state index contributed by atoms with van der Waals surface area (Å²) >= 11 is 0. The minimum absolute atomic E-state index is 0.104. The Bertz CT molecular complexity index is 467. The third kappa shape index (κ3) is 4.28. The molecule has 2 bridgehead atoms. The third-order valence-corrected chi connectivity index (χ3v) is 3.66. The number of fused-ring (bicyclic) bond motifs is 2. The molecule has 0 aromatic heterocycles. The Balaban J connectivity index is 0.00000106. The lowest BCUT2D eigenvalue weighted by Gasteiger charge is -2.27. The lowest BCUT2D eigenvalue weighted by molar-refractivity contribution is -0.153. The fourth-order valence-corrected chi connectivity index (χ4v) is 2.75. The quantitative estimate of drug-likeness (QED) is 0.791. The molecule has 5 nitrogen and oxygen atoms in total. The summed E-state index contributed by atoms with van der Waals surface area (Å²) in [6.45, 7) is 5.48. The predicted octanol–water partition coefficient (Wildman–Crippen LogP) is 2.04. The van der Waals surface area contributed by atoms with Crippen molar-refractivity contribution in [2.24, 2.45) is 11.8 Å². The minimum atomic E-state index is -1.04. The van der Waals surface area contributed by atoms with Gasteiger partial charge in [-0.2, -0.15) is 0 Å². The van der Waals surface area contributed by atoms with E-state index in [4.69, 9.17) is 0 Å². The number of hydrogen-bond donors (Lipinski definition) is 1. The van der Waals surface area contributed by atoms with Gasteiger partial charge in [0, 0.05) is 13.5 Å². The first-order valence-electron chi connectivity index (χ1n) is 7.38. The van der Waals surface area contributed by atoms with Crippen LogP contribution in [0.4, 0.5) is 0 Å². The molecule has 2 rings (SSSR count). The summed E-state index contributed by atoms with van der Waals surface area (Å²) in [4.78, 5) is 35.8. The van der Waals surface area contributed by atoms with Crippen molar-refractivity contribution < 1.29 is 19.5 Å². The van der Waals surface area contributed by atoms with Crippen LogP contribution in [0.15, 0.2) is 24.3 Å². The van der Waals surface area contributed by atoms with Crippen molar-refractivity contribution in [1.29, 1.82) is 0 Å². The van der Waals surface area contributed by atoms with Crippen LogP contribution in [0, 0.1) is 11.8 Å². The van der Waals surface area contributed by atoms with Gasteiger partial charge in [0.15, 0.2) is 0 Å². The molecule has 3 atom stereocenters. The molecular weight excluding hydrogens is 270 g/mol. The second-order valence-corrected chi connectivity index (χ2v) is 5.13. The Kier molecular flexibility index (Phi) is 6.34. The van der Waals surface area contributed by atoms with Crippen LogP contribution in [-0.4, -0.2) is 40.3 Å². The summed E-state index contributed by atoms with van der Waals surface area (Å²) < 4.78 is 0. The monoisotopic (exact) mass is 293 g/mol. The first-order valence-corrected chi connectivity index (χ1v) is 7.38. The Labute approximate surface area is 125 Å². The van der Waals surface area contributed by atoms with E-state index in [1.54, 1.807) is 0 Å². The minimum Gasteiger partial charge on any atom is -0.480 e. The normalized spacial score (nSPS) is 27.0. The standard InChI is InChI=1S/C14H17NO4.C2H6/c1-9(16)13(17)15-8-11-5-3-2-4-10(6-11)7-12(15)14(18)19;1-2/h2-5,10-12H,6-8H2,1H3,(H,18,19);1-2H3. The number of carbonyl (C=O) groups is 3. The topological polar surface area (TPSA) is 74.7 Å². The van der Waals surface area contributed by atoms with Gasteiger partial charge in [0.2, 0.25) is 5.78 Å². The molecule has 1 N–H and O–H groups in total. The van der Waals surface area contributed by atoms with E-state index in [0.717, 1.165) is 6.42 Å². The zero-order chi connectivity index (χ0) is 16.0. The maximum absolute atomic E-state index is 11.9. The predicted molar refractivity (Wildman–Crippen MR) is 79.7 cm³/mol. The second kappa shape index (κ2) is 7.76. The molecule has 1 heterocycles. The molecule has 0 aromatic rings. The lowest BCUT2D eigenvalue weighted by atomic mass is 9.93. The summed E-state index contributed by atoms with van der Waals surface area (Å²) in [5.41, 5.74) is 0. The zero-order valence-corrected chi connectivity index (χ0v) is 12.8.